The number of nitrogens with one attached hydrogen (secondary N) is 1. The first-order chi connectivity index (χ1) is 17.5. The van der Waals surface area contributed by atoms with Gasteiger partial charge in [-0.25, -0.2) is 0 Å². The van der Waals surface area contributed by atoms with E-state index in [-0.39, 0.29) is 17.7 Å². The summed E-state index contributed by atoms with van der Waals surface area (Å²) in [6.45, 7) is 4.65. The van der Waals surface area contributed by atoms with E-state index in [2.05, 4.69) is 22.4 Å². The van der Waals surface area contributed by atoms with Crippen LogP contribution in [0.15, 0.2) is 66.7 Å². The van der Waals surface area contributed by atoms with Crippen molar-refractivity contribution in [3.63, 3.8) is 0 Å². The van der Waals surface area contributed by atoms with Gasteiger partial charge in [-0.05, 0) is 49.2 Å². The van der Waals surface area contributed by atoms with Gasteiger partial charge in [-0.2, -0.15) is 0 Å². The zero-order valence-corrected chi connectivity index (χ0v) is 20.7. The second kappa shape index (κ2) is 8.87. The summed E-state index contributed by atoms with van der Waals surface area (Å²) in [6.07, 6.45) is 0.371. The molecule has 7 nitrogen and oxygen atoms in total. The Morgan fingerprint density at radius 1 is 0.972 bits per heavy atom. The number of fused-ring (bicyclic) bond motifs is 2. The van der Waals surface area contributed by atoms with Crippen molar-refractivity contribution in [1.82, 2.24) is 10.2 Å². The Balaban J connectivity index is 1.21. The predicted molar refractivity (Wildman–Crippen MR) is 139 cm³/mol. The van der Waals surface area contributed by atoms with Crippen LogP contribution in [-0.2, 0) is 9.59 Å². The predicted octanol–water partition coefficient (Wildman–Crippen LogP) is 5.55. The molecule has 1 fully saturated rings. The van der Waals surface area contributed by atoms with E-state index in [4.69, 9.17) is 4.74 Å². The first-order valence-corrected chi connectivity index (χ1v) is 12.7. The smallest absolute Gasteiger partial charge is 0.238 e. The molecule has 0 spiro atoms. The number of rotatable bonds is 4. The van der Waals surface area contributed by atoms with Gasteiger partial charge in [0.1, 0.15) is 16.5 Å². The lowest BCUT2D eigenvalue weighted by Gasteiger charge is -2.27. The molecule has 2 aliphatic heterocycles. The zero-order valence-electron chi connectivity index (χ0n) is 19.9. The number of amides is 2. The molecule has 4 aromatic rings. The molecule has 0 aliphatic carbocycles. The fraction of sp³-hybridized carbons (Fsp3) is 0.214. The number of nitrogens with zero attached hydrogens (tertiary/aromatic N) is 3. The molecular formula is C28H24N4O3S. The van der Waals surface area contributed by atoms with Gasteiger partial charge in [-0.1, -0.05) is 53.8 Å². The SMILES string of the molecule is Cc1ccc(N2CC(c3nnc(NC(=O)C4c5ccccc5Oc5ccccc54)s3)CC2=O)cc1C. The van der Waals surface area contributed by atoms with Crippen LogP contribution in [0.2, 0.25) is 0 Å². The number of para-hydroxylation sites is 2. The van der Waals surface area contributed by atoms with Gasteiger partial charge in [0.25, 0.3) is 0 Å². The number of ether oxygens (including phenoxy) is 1. The Labute approximate surface area is 212 Å². The van der Waals surface area contributed by atoms with Crippen molar-refractivity contribution in [2.45, 2.75) is 32.1 Å². The van der Waals surface area contributed by atoms with E-state index >= 15 is 0 Å². The average Bonchev–Trinajstić information content (AvgIpc) is 3.50. The van der Waals surface area contributed by atoms with Crippen LogP contribution in [0, 0.1) is 13.8 Å². The molecule has 6 rings (SSSR count). The van der Waals surface area contributed by atoms with Gasteiger partial charge in [0.15, 0.2) is 0 Å². The number of benzene rings is 3. The normalized spacial score (nSPS) is 16.9. The third kappa shape index (κ3) is 3.93. The maximum atomic E-state index is 13.5. The van der Waals surface area contributed by atoms with Crippen molar-refractivity contribution < 1.29 is 14.3 Å². The van der Waals surface area contributed by atoms with Crippen LogP contribution in [0.25, 0.3) is 0 Å². The highest BCUT2D eigenvalue weighted by atomic mass is 32.1. The molecule has 180 valence electrons. The van der Waals surface area contributed by atoms with Crippen LogP contribution < -0.4 is 15.0 Å². The molecule has 0 radical (unpaired) electrons. The van der Waals surface area contributed by atoms with Gasteiger partial charge in [0, 0.05) is 35.7 Å². The fourth-order valence-electron chi connectivity index (χ4n) is 4.84. The van der Waals surface area contributed by atoms with Crippen LogP contribution in [-0.4, -0.2) is 28.6 Å². The maximum absolute atomic E-state index is 13.5. The van der Waals surface area contributed by atoms with Crippen LogP contribution in [0.4, 0.5) is 10.8 Å². The van der Waals surface area contributed by atoms with Crippen molar-refractivity contribution >= 4 is 34.0 Å². The third-order valence-electron chi connectivity index (χ3n) is 6.89. The summed E-state index contributed by atoms with van der Waals surface area (Å²) in [5.74, 6) is 0.633. The maximum Gasteiger partial charge on any atom is 0.238 e. The Kier molecular flexibility index (Phi) is 5.53. The number of anilines is 2. The van der Waals surface area contributed by atoms with Gasteiger partial charge in [-0.15, -0.1) is 10.2 Å². The van der Waals surface area contributed by atoms with E-state index in [1.54, 1.807) is 0 Å². The van der Waals surface area contributed by atoms with Crippen LogP contribution >= 0.6 is 11.3 Å². The minimum Gasteiger partial charge on any atom is -0.457 e. The second-order valence-corrected chi connectivity index (χ2v) is 10.2. The highest BCUT2D eigenvalue weighted by molar-refractivity contribution is 7.15. The minimum atomic E-state index is -0.521. The average molecular weight is 497 g/mol. The van der Waals surface area contributed by atoms with E-state index in [1.165, 1.54) is 16.9 Å². The highest BCUT2D eigenvalue weighted by Crippen LogP contribution is 2.44. The Hall–Kier alpha value is -4.04. The summed E-state index contributed by atoms with van der Waals surface area (Å²) < 4.78 is 6.01. The lowest BCUT2D eigenvalue weighted by atomic mass is 9.87. The number of hydrogen-bond donors (Lipinski definition) is 1. The molecule has 3 heterocycles. The van der Waals surface area contributed by atoms with E-state index in [9.17, 15) is 9.59 Å². The van der Waals surface area contributed by atoms with E-state index < -0.39 is 5.92 Å². The van der Waals surface area contributed by atoms with E-state index in [0.717, 1.165) is 27.4 Å². The van der Waals surface area contributed by atoms with Crippen LogP contribution in [0.3, 0.4) is 0 Å². The number of carbonyl (C=O) groups is 2. The molecule has 2 aliphatic rings. The van der Waals surface area contributed by atoms with E-state index in [0.29, 0.717) is 29.6 Å². The summed E-state index contributed by atoms with van der Waals surface area (Å²) >= 11 is 1.33. The van der Waals surface area contributed by atoms with Gasteiger partial charge in [0.05, 0.1) is 5.92 Å². The van der Waals surface area contributed by atoms with Gasteiger partial charge in [0.2, 0.25) is 16.9 Å². The molecular weight excluding hydrogens is 472 g/mol. The lowest BCUT2D eigenvalue weighted by molar-refractivity contribution is -0.117. The summed E-state index contributed by atoms with van der Waals surface area (Å²) in [5.41, 5.74) is 4.87. The fourth-order valence-corrected chi connectivity index (χ4v) is 5.67. The summed E-state index contributed by atoms with van der Waals surface area (Å²) in [4.78, 5) is 28.1. The third-order valence-corrected chi connectivity index (χ3v) is 7.89. The molecule has 1 saturated heterocycles. The molecule has 0 bridgehead atoms. The van der Waals surface area contributed by atoms with Gasteiger partial charge < -0.3 is 9.64 Å². The molecule has 1 unspecified atom stereocenters. The largest absolute Gasteiger partial charge is 0.457 e. The minimum absolute atomic E-state index is 0.0632. The number of aryl methyl sites for hydroxylation is 2. The van der Waals surface area contributed by atoms with E-state index in [1.807, 2.05) is 78.6 Å². The highest BCUT2D eigenvalue weighted by Gasteiger charge is 2.35. The van der Waals surface area contributed by atoms with Crippen molar-refractivity contribution in [3.05, 3.63) is 94.0 Å². The molecule has 8 heteroatoms. The van der Waals surface area contributed by atoms with Crippen LogP contribution in [0.1, 0.15) is 45.5 Å². The first-order valence-electron chi connectivity index (χ1n) is 11.9. The van der Waals surface area contributed by atoms with Crippen molar-refractivity contribution in [1.29, 1.82) is 0 Å². The molecule has 36 heavy (non-hydrogen) atoms. The Morgan fingerprint density at radius 2 is 1.67 bits per heavy atom. The topological polar surface area (TPSA) is 84.4 Å². The lowest BCUT2D eigenvalue weighted by Crippen LogP contribution is -2.25. The Bertz CT molecular complexity index is 1450. The summed E-state index contributed by atoms with van der Waals surface area (Å²) in [6, 6.07) is 21.2. The molecule has 3 aromatic carbocycles. The quantitative estimate of drug-likeness (QED) is 0.400. The molecule has 1 N–H and O–H groups in total. The van der Waals surface area contributed by atoms with Crippen molar-refractivity contribution in [2.24, 2.45) is 0 Å². The summed E-state index contributed by atoms with van der Waals surface area (Å²) in [5, 5.41) is 12.7. The molecule has 1 atom stereocenters. The van der Waals surface area contributed by atoms with Crippen molar-refractivity contribution in [2.75, 3.05) is 16.8 Å². The zero-order chi connectivity index (χ0) is 24.8. The molecule has 1 aromatic heterocycles. The van der Waals surface area contributed by atoms with Crippen LogP contribution in [0.5, 0.6) is 11.5 Å². The number of aromatic nitrogens is 2. The number of carbonyl (C=O) groups excluding carboxylic acids is 2. The first kappa shape index (κ1) is 22.4. The number of hydrogen-bond acceptors (Lipinski definition) is 6. The monoisotopic (exact) mass is 496 g/mol. The summed E-state index contributed by atoms with van der Waals surface area (Å²) in [7, 11) is 0. The Morgan fingerprint density at radius 3 is 2.36 bits per heavy atom. The second-order valence-electron chi connectivity index (χ2n) is 9.22. The molecule has 0 saturated carbocycles. The van der Waals surface area contributed by atoms with Gasteiger partial charge in [-0.3, -0.25) is 14.9 Å². The molecule has 2 amide bonds. The van der Waals surface area contributed by atoms with Crippen molar-refractivity contribution in [3.8, 4) is 11.5 Å². The van der Waals surface area contributed by atoms with Gasteiger partial charge >= 0.3 is 0 Å². The standard InChI is InChI=1S/C28H24N4O3S/c1-16-11-12-19(13-17(16)2)32-15-18(14-24(32)33)27-30-31-28(36-27)29-26(34)25-20-7-3-5-9-22(20)35-23-10-6-4-8-21(23)25/h3-13,18,25H,14-15H2,1-2H3,(H,29,31,34).